The summed E-state index contributed by atoms with van der Waals surface area (Å²) >= 11 is 0. The third kappa shape index (κ3) is 7.36. The van der Waals surface area contributed by atoms with Crippen molar-refractivity contribution in [3.8, 4) is 17.4 Å². The van der Waals surface area contributed by atoms with Crippen molar-refractivity contribution in [1.82, 2.24) is 24.8 Å². The number of halogens is 1. The lowest BCUT2D eigenvalue weighted by Crippen LogP contribution is -2.60. The predicted molar refractivity (Wildman–Crippen MR) is 199 cm³/mol. The third-order valence-corrected chi connectivity index (χ3v) is 11.0. The number of methoxy groups -OCH3 is 1. The van der Waals surface area contributed by atoms with Crippen molar-refractivity contribution in [2.24, 2.45) is 5.41 Å². The van der Waals surface area contributed by atoms with Crippen LogP contribution in [0.5, 0.6) is 17.4 Å². The molecule has 2 saturated heterocycles. The number of amides is 1. The number of carboxylic acid groups (broad SMARTS) is 1. The van der Waals surface area contributed by atoms with Crippen molar-refractivity contribution in [2.75, 3.05) is 44.7 Å². The number of carbonyl (C=O) groups excluding carboxylic acids is 1. The number of fused-ring (bicyclic) bond motifs is 1. The maximum absolute atomic E-state index is 14.4. The standard InChI is InChI=1S/C40H49FN6O6/c1-24(2)26-9-7-8-10-27(26)31-23-46(38(50)53-39(3,4)5)15-16-47(31)25-19-40(20-25)11-13-45(14-12-40)34-18-32(29(21-42-34)37(48)49)52-33-17-28-30(41)22-43-35(28)44-36(33)51-6/h7-10,17-18,21-22,24-25,31H,11-16,19-20,23H2,1-6H3,(H,43,44)(H,48,49). The number of pyridine rings is 2. The van der Waals surface area contributed by atoms with Crippen LogP contribution in [0.1, 0.15) is 93.7 Å². The molecule has 5 heterocycles. The average molecular weight is 729 g/mol. The first kappa shape index (κ1) is 36.4. The number of piperidine rings is 1. The minimum Gasteiger partial charge on any atom is -0.478 e. The van der Waals surface area contributed by atoms with Crippen LogP contribution < -0.4 is 14.4 Å². The highest BCUT2D eigenvalue weighted by Gasteiger charge is 2.50. The van der Waals surface area contributed by atoms with E-state index >= 15 is 0 Å². The van der Waals surface area contributed by atoms with Crippen molar-refractivity contribution in [2.45, 2.75) is 83.9 Å². The fraction of sp³-hybridized carbons (Fsp3) is 0.500. The number of piperazine rings is 1. The Bertz CT molecular complexity index is 1990. The van der Waals surface area contributed by atoms with Gasteiger partial charge in [0.05, 0.1) is 18.5 Å². The van der Waals surface area contributed by atoms with E-state index in [2.05, 4.69) is 62.9 Å². The van der Waals surface area contributed by atoms with Crippen LogP contribution in [-0.2, 0) is 4.74 Å². The summed E-state index contributed by atoms with van der Waals surface area (Å²) in [6.45, 7) is 13.7. The lowest BCUT2D eigenvalue weighted by Gasteiger charge is -2.58. The SMILES string of the molecule is COc1nc2[nH]cc(F)c2cc1Oc1cc(N2CCC3(CC2)CC(N2CCN(C(=O)OC(C)(C)C)CC2c2ccccc2C(C)C)C3)ncc1C(=O)O. The highest BCUT2D eigenvalue weighted by molar-refractivity contribution is 5.91. The number of hydrogen-bond acceptors (Lipinski definition) is 9. The quantitative estimate of drug-likeness (QED) is 0.185. The second-order valence-electron chi connectivity index (χ2n) is 16.0. The molecule has 2 aliphatic heterocycles. The van der Waals surface area contributed by atoms with Crippen molar-refractivity contribution in [3.63, 3.8) is 0 Å². The van der Waals surface area contributed by atoms with Gasteiger partial charge in [-0.3, -0.25) is 4.90 Å². The van der Waals surface area contributed by atoms with Gasteiger partial charge in [-0.25, -0.2) is 19.0 Å². The molecule has 4 aromatic rings. The molecule has 12 nitrogen and oxygen atoms in total. The van der Waals surface area contributed by atoms with Crippen LogP contribution in [0.4, 0.5) is 15.0 Å². The van der Waals surface area contributed by atoms with Crippen molar-refractivity contribution < 1.29 is 33.3 Å². The Morgan fingerprint density at radius 1 is 1.06 bits per heavy atom. The molecule has 7 rings (SSSR count). The monoisotopic (exact) mass is 728 g/mol. The minimum atomic E-state index is -1.20. The fourth-order valence-electron chi connectivity index (χ4n) is 8.30. The molecule has 1 atom stereocenters. The molecule has 1 unspecified atom stereocenters. The fourth-order valence-corrected chi connectivity index (χ4v) is 8.30. The Morgan fingerprint density at radius 3 is 2.47 bits per heavy atom. The molecule has 3 aliphatic rings. The molecule has 0 bridgehead atoms. The van der Waals surface area contributed by atoms with Crippen LogP contribution in [0.2, 0.25) is 0 Å². The Labute approximate surface area is 309 Å². The molecule has 13 heteroatoms. The molecule has 3 aromatic heterocycles. The summed E-state index contributed by atoms with van der Waals surface area (Å²) in [7, 11) is 1.42. The smallest absolute Gasteiger partial charge is 0.410 e. The summed E-state index contributed by atoms with van der Waals surface area (Å²) in [4.78, 5) is 43.6. The maximum atomic E-state index is 14.4. The average Bonchev–Trinajstić information content (AvgIpc) is 3.48. The number of benzene rings is 1. The molecule has 1 saturated carbocycles. The summed E-state index contributed by atoms with van der Waals surface area (Å²) in [6, 6.07) is 12.2. The van der Waals surface area contributed by atoms with Crippen LogP contribution in [0, 0.1) is 11.2 Å². The molecule has 2 N–H and O–H groups in total. The number of aromatic nitrogens is 3. The van der Waals surface area contributed by atoms with Crippen LogP contribution in [-0.4, -0.2) is 93.4 Å². The topological polar surface area (TPSA) is 133 Å². The number of rotatable bonds is 8. The molecule has 1 amide bonds. The molecule has 0 radical (unpaired) electrons. The number of aromatic amines is 1. The zero-order valence-electron chi connectivity index (χ0n) is 31.3. The van der Waals surface area contributed by atoms with Crippen LogP contribution in [0.15, 0.2) is 48.8 Å². The first-order chi connectivity index (χ1) is 25.2. The first-order valence-electron chi connectivity index (χ1n) is 18.4. The van der Waals surface area contributed by atoms with Gasteiger partial charge < -0.3 is 34.1 Å². The second-order valence-corrected chi connectivity index (χ2v) is 16.0. The van der Waals surface area contributed by atoms with E-state index in [0.29, 0.717) is 36.5 Å². The van der Waals surface area contributed by atoms with E-state index in [0.717, 1.165) is 45.3 Å². The Hall–Kier alpha value is -4.91. The van der Waals surface area contributed by atoms with E-state index in [9.17, 15) is 19.1 Å². The molecule has 53 heavy (non-hydrogen) atoms. The van der Waals surface area contributed by atoms with E-state index in [-0.39, 0.29) is 45.9 Å². The lowest BCUT2D eigenvalue weighted by molar-refractivity contribution is -0.0644. The number of carbonyl (C=O) groups is 2. The zero-order valence-corrected chi connectivity index (χ0v) is 31.3. The number of hydrogen-bond donors (Lipinski definition) is 2. The summed E-state index contributed by atoms with van der Waals surface area (Å²) in [5.41, 5.74) is 2.42. The van der Waals surface area contributed by atoms with Crippen LogP contribution in [0.25, 0.3) is 11.0 Å². The Kier molecular flexibility index (Phi) is 9.73. The normalized spacial score (nSPS) is 19.4. The summed E-state index contributed by atoms with van der Waals surface area (Å²) in [5, 5.41) is 10.1. The van der Waals surface area contributed by atoms with Gasteiger partial charge in [-0.2, -0.15) is 4.98 Å². The van der Waals surface area contributed by atoms with Gasteiger partial charge in [0.1, 0.15) is 34.2 Å². The van der Waals surface area contributed by atoms with Crippen molar-refractivity contribution >= 4 is 28.9 Å². The van der Waals surface area contributed by atoms with Crippen LogP contribution >= 0.6 is 0 Å². The van der Waals surface area contributed by atoms with Gasteiger partial charge in [0.15, 0.2) is 5.75 Å². The van der Waals surface area contributed by atoms with E-state index in [4.69, 9.17) is 14.2 Å². The lowest BCUT2D eigenvalue weighted by atomic mass is 9.59. The first-order valence-corrected chi connectivity index (χ1v) is 18.4. The Balaban J connectivity index is 1.05. The number of aromatic carboxylic acids is 1. The van der Waals surface area contributed by atoms with E-state index in [1.807, 2.05) is 25.7 Å². The predicted octanol–water partition coefficient (Wildman–Crippen LogP) is 7.76. The number of ether oxygens (including phenoxy) is 3. The summed E-state index contributed by atoms with van der Waals surface area (Å²) in [5.74, 6) is -0.476. The molecule has 1 aromatic carbocycles. The van der Waals surface area contributed by atoms with Gasteiger partial charge >= 0.3 is 12.1 Å². The number of nitrogens with one attached hydrogen (secondary N) is 1. The summed E-state index contributed by atoms with van der Waals surface area (Å²) in [6.07, 6.45) is 6.36. The Morgan fingerprint density at radius 2 is 1.79 bits per heavy atom. The van der Waals surface area contributed by atoms with Gasteiger partial charge in [0.25, 0.3) is 5.88 Å². The molecular formula is C40H49FN6O6. The highest BCUT2D eigenvalue weighted by atomic mass is 19.1. The van der Waals surface area contributed by atoms with E-state index in [1.54, 1.807) is 6.07 Å². The third-order valence-electron chi connectivity index (χ3n) is 11.0. The van der Waals surface area contributed by atoms with Gasteiger partial charge in [-0.05, 0) is 68.9 Å². The second kappa shape index (κ2) is 14.1. The zero-order chi connectivity index (χ0) is 37.7. The van der Waals surface area contributed by atoms with Gasteiger partial charge in [0.2, 0.25) is 0 Å². The molecule has 1 aliphatic carbocycles. The van der Waals surface area contributed by atoms with Crippen molar-refractivity contribution in [3.05, 3.63) is 71.3 Å². The number of nitrogens with zero attached hydrogens (tertiary/aromatic N) is 5. The van der Waals surface area contributed by atoms with Gasteiger partial charge in [-0.1, -0.05) is 38.1 Å². The summed E-state index contributed by atoms with van der Waals surface area (Å²) < 4.78 is 31.6. The number of carboxylic acids is 1. The molecule has 3 fully saturated rings. The van der Waals surface area contributed by atoms with E-state index in [1.165, 1.54) is 36.7 Å². The van der Waals surface area contributed by atoms with E-state index < -0.39 is 17.4 Å². The molecule has 282 valence electrons. The van der Waals surface area contributed by atoms with Gasteiger partial charge in [-0.15, -0.1) is 0 Å². The van der Waals surface area contributed by atoms with Crippen LogP contribution in [0.3, 0.4) is 0 Å². The number of H-pyrrole nitrogens is 1. The molecular weight excluding hydrogens is 679 g/mol. The number of anilines is 1. The van der Waals surface area contributed by atoms with Gasteiger partial charge in [0, 0.05) is 63.3 Å². The minimum absolute atomic E-state index is 0.0696. The highest BCUT2D eigenvalue weighted by Crippen LogP contribution is 2.53. The van der Waals surface area contributed by atoms with Crippen molar-refractivity contribution in [1.29, 1.82) is 0 Å². The molecule has 1 spiro atoms. The maximum Gasteiger partial charge on any atom is 0.410 e. The largest absolute Gasteiger partial charge is 0.478 e.